The van der Waals surface area contributed by atoms with Crippen LogP contribution in [0.3, 0.4) is 0 Å². The second-order valence-corrected chi connectivity index (χ2v) is 11.5. The maximum atomic E-state index is 12.5. The van der Waals surface area contributed by atoms with Gasteiger partial charge in [0.2, 0.25) is 11.8 Å². The first kappa shape index (κ1) is 26.5. The molecule has 0 amide bonds. The van der Waals surface area contributed by atoms with E-state index in [4.69, 9.17) is 9.47 Å². The summed E-state index contributed by atoms with van der Waals surface area (Å²) in [4.78, 5) is 52.9. The third-order valence-electron chi connectivity index (χ3n) is 7.49. The molecule has 202 valence electrons. The third-order valence-corrected chi connectivity index (χ3v) is 8.67. The number of pyridine rings is 2. The van der Waals surface area contributed by atoms with E-state index in [0.29, 0.717) is 34.4 Å². The van der Waals surface area contributed by atoms with Gasteiger partial charge in [0, 0.05) is 12.0 Å². The first-order valence-corrected chi connectivity index (χ1v) is 14.3. The number of halogens is 2. The van der Waals surface area contributed by atoms with E-state index >= 15 is 0 Å². The Morgan fingerprint density at radius 1 is 0.750 bits per heavy atom. The largest absolute Gasteiger partial charge is 0.431 e. The third kappa shape index (κ3) is 4.45. The minimum Gasteiger partial charge on any atom is -0.431 e. The maximum absolute atomic E-state index is 12.5. The van der Waals surface area contributed by atoms with Crippen LogP contribution in [0.1, 0.15) is 55.8 Å². The number of carbonyl (C=O) groups excluding carboxylic acids is 2. The van der Waals surface area contributed by atoms with Crippen molar-refractivity contribution in [2.75, 3.05) is 0 Å². The van der Waals surface area contributed by atoms with Crippen molar-refractivity contribution in [2.45, 2.75) is 37.9 Å². The molecule has 10 heteroatoms. The summed E-state index contributed by atoms with van der Waals surface area (Å²) in [6.07, 6.45) is 5.07. The Balaban J connectivity index is 1.53. The van der Waals surface area contributed by atoms with Crippen molar-refractivity contribution in [1.29, 1.82) is 0 Å². The predicted molar refractivity (Wildman–Crippen MR) is 155 cm³/mol. The fourth-order valence-corrected chi connectivity index (χ4v) is 6.51. The van der Waals surface area contributed by atoms with Crippen molar-refractivity contribution < 1.29 is 19.1 Å². The lowest BCUT2D eigenvalue weighted by molar-refractivity contribution is -0.125. The Kier molecular flexibility index (Phi) is 6.83. The molecule has 4 aromatic rings. The molecule has 8 nitrogen and oxygen atoms in total. The van der Waals surface area contributed by atoms with E-state index < -0.39 is 16.9 Å². The zero-order chi connectivity index (χ0) is 28.0. The molecule has 40 heavy (non-hydrogen) atoms. The molecule has 2 aliphatic carbocycles. The summed E-state index contributed by atoms with van der Waals surface area (Å²) in [7, 11) is 0. The zero-order valence-corrected chi connectivity index (χ0v) is 24.2. The number of hydrogen-bond acceptors (Lipinski definition) is 6. The Hall–Kier alpha value is -3.76. The van der Waals surface area contributed by atoms with Gasteiger partial charge in [-0.3, -0.25) is 29.1 Å². The molecule has 0 radical (unpaired) electrons. The smallest absolute Gasteiger partial charge is 0.281 e. The summed E-state index contributed by atoms with van der Waals surface area (Å²) in [5.41, 5.74) is 5.41. The number of ether oxygens (including phenoxy) is 2. The van der Waals surface area contributed by atoms with Crippen LogP contribution in [-0.4, -0.2) is 22.5 Å². The molecule has 2 aromatic heterocycles. The summed E-state index contributed by atoms with van der Waals surface area (Å²) in [5, 5.41) is 0. The number of rotatable bonds is 7. The van der Waals surface area contributed by atoms with Gasteiger partial charge in [-0.05, 0) is 97.5 Å². The van der Waals surface area contributed by atoms with Gasteiger partial charge in [-0.1, -0.05) is 36.4 Å². The minimum atomic E-state index is -1.47. The average Bonchev–Trinajstić information content (AvgIpc) is 3.58. The molecule has 2 aromatic carbocycles. The molecule has 2 N–H and O–H groups in total. The zero-order valence-electron chi connectivity index (χ0n) is 21.0. The van der Waals surface area contributed by atoms with Crippen LogP contribution in [0.4, 0.5) is 0 Å². The number of carbonyl (C=O) groups is 2. The van der Waals surface area contributed by atoms with E-state index in [9.17, 15) is 19.2 Å². The summed E-state index contributed by atoms with van der Waals surface area (Å²) in [6.45, 7) is 0. The highest BCUT2D eigenvalue weighted by atomic mass is 79.9. The van der Waals surface area contributed by atoms with Crippen LogP contribution in [0.25, 0.3) is 11.1 Å². The van der Waals surface area contributed by atoms with Crippen molar-refractivity contribution in [2.24, 2.45) is 0 Å². The van der Waals surface area contributed by atoms with Gasteiger partial charge in [0.05, 0.1) is 20.1 Å². The molecule has 2 aliphatic rings. The predicted octanol–water partition coefficient (Wildman–Crippen LogP) is 5.63. The number of nitrogens with one attached hydrogen (secondary N) is 2. The number of hydrogen-bond donors (Lipinski definition) is 2. The quantitative estimate of drug-likeness (QED) is 0.195. The van der Waals surface area contributed by atoms with Crippen LogP contribution in [0.2, 0.25) is 0 Å². The summed E-state index contributed by atoms with van der Waals surface area (Å²) >= 11 is 6.79. The van der Waals surface area contributed by atoms with E-state index in [1.54, 1.807) is 0 Å². The van der Waals surface area contributed by atoms with Gasteiger partial charge in [-0.2, -0.15) is 0 Å². The van der Waals surface area contributed by atoms with Crippen LogP contribution in [-0.2, 0) is 25.0 Å². The van der Waals surface area contributed by atoms with Crippen molar-refractivity contribution >= 4 is 44.4 Å². The lowest BCUT2D eigenvalue weighted by Gasteiger charge is -2.32. The molecule has 0 saturated carbocycles. The molecular weight excluding hydrogens is 644 g/mol. The van der Waals surface area contributed by atoms with Crippen molar-refractivity contribution in [3.63, 3.8) is 0 Å². The lowest BCUT2D eigenvalue weighted by atomic mass is 9.91. The van der Waals surface area contributed by atoms with E-state index in [-0.39, 0.29) is 22.9 Å². The summed E-state index contributed by atoms with van der Waals surface area (Å²) in [5.74, 6) is -1.33. The molecule has 0 saturated heterocycles. The number of aromatic amines is 2. The normalized spacial score (nSPS) is 14.8. The average molecular weight is 666 g/mol. The molecule has 0 atom stereocenters. The molecule has 0 aliphatic heterocycles. The lowest BCUT2D eigenvalue weighted by Crippen LogP contribution is -2.39. The van der Waals surface area contributed by atoms with E-state index in [2.05, 4.69) is 66.1 Å². The number of aromatic nitrogens is 2. The van der Waals surface area contributed by atoms with Crippen molar-refractivity contribution in [3.05, 3.63) is 112 Å². The molecular formula is C30H22Br2N2O6. The van der Waals surface area contributed by atoms with Gasteiger partial charge in [0.1, 0.15) is 0 Å². The summed E-state index contributed by atoms with van der Waals surface area (Å²) in [6, 6.07) is 15.1. The number of fused-ring (bicyclic) bond motifs is 2. The number of H-pyrrole nitrogens is 2. The maximum Gasteiger partial charge on any atom is 0.281 e. The molecule has 0 bridgehead atoms. The molecule has 0 unspecified atom stereocenters. The minimum absolute atomic E-state index is 0.0576. The number of aryl methyl sites for hydroxylation is 1. The number of benzene rings is 2. The second kappa shape index (κ2) is 10.3. The van der Waals surface area contributed by atoms with Crippen molar-refractivity contribution in [1.82, 2.24) is 9.97 Å². The highest BCUT2D eigenvalue weighted by Gasteiger charge is 2.46. The van der Waals surface area contributed by atoms with Gasteiger partial charge >= 0.3 is 0 Å². The topological polar surface area (TPSA) is 118 Å². The van der Waals surface area contributed by atoms with Gasteiger partial charge < -0.3 is 9.47 Å². The second-order valence-electron chi connectivity index (χ2n) is 9.78. The molecule has 0 spiro atoms. The number of aldehydes is 2. The highest BCUT2D eigenvalue weighted by Crippen LogP contribution is 2.47. The van der Waals surface area contributed by atoms with Crippen LogP contribution in [0.5, 0.6) is 11.8 Å². The van der Waals surface area contributed by atoms with Crippen LogP contribution >= 0.6 is 31.9 Å². The first-order chi connectivity index (χ1) is 19.3. The van der Waals surface area contributed by atoms with E-state index in [0.717, 1.165) is 36.0 Å². The van der Waals surface area contributed by atoms with Gasteiger partial charge in [0.25, 0.3) is 16.9 Å². The SMILES string of the molecule is O=Cc1cc(Br)c(OC2(Oc3[nH]c(=O)c(C=O)cc3Br)CCc3c(-c4cccc5c4CCC5)cccc32)[nH]c1=O. The van der Waals surface area contributed by atoms with Gasteiger partial charge in [0.15, 0.2) is 12.6 Å². The summed E-state index contributed by atoms with van der Waals surface area (Å²) < 4.78 is 13.7. The Bertz CT molecular complexity index is 1740. The van der Waals surface area contributed by atoms with Gasteiger partial charge in [-0.15, -0.1) is 0 Å². The van der Waals surface area contributed by atoms with Crippen molar-refractivity contribution in [3.8, 4) is 22.9 Å². The van der Waals surface area contributed by atoms with Crippen LogP contribution in [0, 0.1) is 0 Å². The fourth-order valence-electron chi connectivity index (χ4n) is 5.65. The van der Waals surface area contributed by atoms with E-state index in [1.165, 1.54) is 28.8 Å². The first-order valence-electron chi connectivity index (χ1n) is 12.7. The molecule has 2 heterocycles. The molecule has 0 fully saturated rings. The highest BCUT2D eigenvalue weighted by molar-refractivity contribution is 9.10. The fraction of sp³-hybridized carbons (Fsp3) is 0.200. The monoisotopic (exact) mass is 664 g/mol. The van der Waals surface area contributed by atoms with Gasteiger partial charge in [-0.25, -0.2) is 0 Å². The molecule has 6 rings (SSSR count). The Morgan fingerprint density at radius 3 is 1.93 bits per heavy atom. The standard InChI is InChI=1S/C30H22Br2N2O6/c31-24-12-17(14-35)26(37)33-28(24)39-30(40-29-25(32)13-18(15-36)27(38)34-29)11-10-22-21(8-3-9-23(22)30)20-7-2-5-16-4-1-6-19(16)20/h2-3,5,7-9,12-15H,1,4,6,10-11H2,(H,33,37)(H,34,38). The van der Waals surface area contributed by atoms with Crippen LogP contribution < -0.4 is 20.6 Å². The van der Waals surface area contributed by atoms with E-state index in [1.807, 2.05) is 12.1 Å². The Morgan fingerprint density at radius 2 is 1.32 bits per heavy atom. The van der Waals surface area contributed by atoms with Crippen LogP contribution in [0.15, 0.2) is 67.1 Å². The Labute approximate surface area is 245 Å².